The summed E-state index contributed by atoms with van der Waals surface area (Å²) in [7, 11) is 0. The quantitative estimate of drug-likeness (QED) is 0.599. The molecule has 1 spiro atoms. The molecule has 2 aliphatic rings. The van der Waals surface area contributed by atoms with E-state index in [0.717, 1.165) is 18.4 Å². The lowest BCUT2D eigenvalue weighted by Crippen LogP contribution is -2.49. The van der Waals surface area contributed by atoms with Crippen LogP contribution in [0, 0.1) is 10.1 Å². The van der Waals surface area contributed by atoms with Crippen molar-refractivity contribution in [3.8, 4) is 5.75 Å². The highest BCUT2D eigenvalue weighted by Crippen LogP contribution is 2.43. The third-order valence-corrected chi connectivity index (χ3v) is 5.21. The molecule has 0 aromatic heterocycles. The molecule has 1 fully saturated rings. The van der Waals surface area contributed by atoms with Gasteiger partial charge in [0.2, 0.25) is 5.75 Å². The zero-order chi connectivity index (χ0) is 19.0. The molecule has 0 bridgehead atoms. The van der Waals surface area contributed by atoms with Crippen LogP contribution in [0.2, 0.25) is 0 Å². The molecule has 2 aromatic rings. The normalized spacial score (nSPS) is 21.5. The molecule has 2 aromatic carbocycles. The van der Waals surface area contributed by atoms with Crippen LogP contribution in [0.5, 0.6) is 5.75 Å². The molecular formula is C19H18F2N2O4. The van der Waals surface area contributed by atoms with Gasteiger partial charge in [-0.1, -0.05) is 24.3 Å². The highest BCUT2D eigenvalue weighted by molar-refractivity contribution is 5.60. The average molecular weight is 376 g/mol. The number of alkyl halides is 2. The Bertz CT molecular complexity index is 873. The van der Waals surface area contributed by atoms with Gasteiger partial charge in [-0.05, 0) is 30.0 Å². The highest BCUT2D eigenvalue weighted by Gasteiger charge is 2.43. The van der Waals surface area contributed by atoms with Crippen LogP contribution in [0.15, 0.2) is 42.5 Å². The maximum Gasteiger partial charge on any atom is 0.387 e. The second-order valence-electron chi connectivity index (χ2n) is 6.71. The molecule has 1 aliphatic carbocycles. The van der Waals surface area contributed by atoms with Gasteiger partial charge in [0.15, 0.2) is 0 Å². The van der Waals surface area contributed by atoms with Crippen molar-refractivity contribution < 1.29 is 23.2 Å². The number of benzene rings is 2. The molecule has 0 radical (unpaired) electrons. The molecule has 6 nitrogen and oxygen atoms in total. The number of halogens is 2. The van der Waals surface area contributed by atoms with Crippen molar-refractivity contribution in [3.63, 3.8) is 0 Å². The number of nitro groups is 1. The largest absolute Gasteiger partial charge is 0.427 e. The Morgan fingerprint density at radius 3 is 2.85 bits per heavy atom. The molecule has 1 unspecified atom stereocenters. The number of hydrogen-bond donors (Lipinski definition) is 0. The molecular weight excluding hydrogens is 358 g/mol. The topological polar surface area (TPSA) is 64.8 Å². The van der Waals surface area contributed by atoms with E-state index in [1.807, 2.05) is 17.0 Å². The predicted molar refractivity (Wildman–Crippen MR) is 94.3 cm³/mol. The Hall–Kier alpha value is -2.74. The molecule has 0 saturated carbocycles. The molecule has 142 valence electrons. The number of rotatable bonds is 4. The van der Waals surface area contributed by atoms with Gasteiger partial charge in [0.1, 0.15) is 5.60 Å². The SMILES string of the molecule is O=[N+]([O-])c1ccc(N2CCOC3(CCc4ccccc43)C2)cc1OC(F)F. The van der Waals surface area contributed by atoms with Crippen LogP contribution in [0.1, 0.15) is 17.5 Å². The van der Waals surface area contributed by atoms with E-state index in [1.165, 1.54) is 17.7 Å². The molecule has 0 amide bonds. The van der Waals surface area contributed by atoms with E-state index in [4.69, 9.17) is 4.74 Å². The van der Waals surface area contributed by atoms with Gasteiger partial charge in [-0.3, -0.25) is 10.1 Å². The number of nitrogens with zero attached hydrogens (tertiary/aromatic N) is 2. The van der Waals surface area contributed by atoms with Crippen molar-refractivity contribution >= 4 is 11.4 Å². The van der Waals surface area contributed by atoms with Gasteiger partial charge >= 0.3 is 12.3 Å². The first-order valence-corrected chi connectivity index (χ1v) is 8.69. The van der Waals surface area contributed by atoms with Crippen LogP contribution in [0.25, 0.3) is 0 Å². The van der Waals surface area contributed by atoms with Crippen molar-refractivity contribution in [1.82, 2.24) is 0 Å². The fourth-order valence-electron chi connectivity index (χ4n) is 4.01. The van der Waals surface area contributed by atoms with E-state index in [9.17, 15) is 18.9 Å². The standard InChI is InChI=1S/C19H18F2N2O4/c20-18(21)27-17-11-14(5-6-16(17)23(24)25)22-9-10-26-19(12-22)8-7-13-3-1-2-4-15(13)19/h1-6,11,18H,7-10,12H2. The Balaban J connectivity index is 1.65. The second-order valence-corrected chi connectivity index (χ2v) is 6.71. The molecule has 1 saturated heterocycles. The summed E-state index contributed by atoms with van der Waals surface area (Å²) in [4.78, 5) is 12.4. The summed E-state index contributed by atoms with van der Waals surface area (Å²) in [6.07, 6.45) is 1.76. The van der Waals surface area contributed by atoms with Crippen LogP contribution in [-0.2, 0) is 16.8 Å². The van der Waals surface area contributed by atoms with Gasteiger partial charge in [-0.25, -0.2) is 0 Å². The fraction of sp³-hybridized carbons (Fsp3) is 0.368. The van der Waals surface area contributed by atoms with Crippen LogP contribution in [-0.4, -0.2) is 31.2 Å². The Labute approximate surface area is 154 Å². The van der Waals surface area contributed by atoms with Gasteiger partial charge in [0.05, 0.1) is 18.1 Å². The van der Waals surface area contributed by atoms with Crippen LogP contribution < -0.4 is 9.64 Å². The van der Waals surface area contributed by atoms with Crippen LogP contribution in [0.4, 0.5) is 20.2 Å². The van der Waals surface area contributed by atoms with Crippen molar-refractivity contribution in [2.24, 2.45) is 0 Å². The predicted octanol–water partition coefficient (Wildman–Crippen LogP) is 3.87. The Morgan fingerprint density at radius 2 is 2.07 bits per heavy atom. The number of nitro benzene ring substituents is 1. The van der Waals surface area contributed by atoms with Crippen LogP contribution in [0.3, 0.4) is 0 Å². The lowest BCUT2D eigenvalue weighted by molar-refractivity contribution is -0.386. The molecule has 8 heteroatoms. The van der Waals surface area contributed by atoms with E-state index < -0.39 is 28.6 Å². The van der Waals surface area contributed by atoms with E-state index in [-0.39, 0.29) is 0 Å². The fourth-order valence-corrected chi connectivity index (χ4v) is 4.01. The minimum atomic E-state index is -3.13. The van der Waals surface area contributed by atoms with E-state index in [1.54, 1.807) is 6.07 Å². The number of fused-ring (bicyclic) bond motifs is 2. The zero-order valence-corrected chi connectivity index (χ0v) is 14.4. The average Bonchev–Trinajstić information content (AvgIpc) is 2.99. The van der Waals surface area contributed by atoms with Crippen molar-refractivity contribution in [3.05, 3.63) is 63.7 Å². The lowest BCUT2D eigenvalue weighted by atomic mass is 9.93. The van der Waals surface area contributed by atoms with Gasteiger partial charge < -0.3 is 14.4 Å². The van der Waals surface area contributed by atoms with Crippen molar-refractivity contribution in [1.29, 1.82) is 0 Å². The molecule has 4 rings (SSSR count). The molecule has 1 heterocycles. The minimum Gasteiger partial charge on any atom is -0.427 e. The van der Waals surface area contributed by atoms with Crippen molar-refractivity contribution in [2.45, 2.75) is 25.1 Å². The summed E-state index contributed by atoms with van der Waals surface area (Å²) in [6, 6.07) is 12.2. The second kappa shape index (κ2) is 6.77. The summed E-state index contributed by atoms with van der Waals surface area (Å²) in [5, 5.41) is 11.1. The summed E-state index contributed by atoms with van der Waals surface area (Å²) in [5.74, 6) is -0.431. The van der Waals surface area contributed by atoms with E-state index >= 15 is 0 Å². The number of morpholine rings is 1. The van der Waals surface area contributed by atoms with Gasteiger partial charge in [-0.2, -0.15) is 8.78 Å². The first-order chi connectivity index (χ1) is 13.0. The number of ether oxygens (including phenoxy) is 2. The summed E-state index contributed by atoms with van der Waals surface area (Å²) < 4.78 is 35.9. The Morgan fingerprint density at radius 1 is 1.26 bits per heavy atom. The van der Waals surface area contributed by atoms with Gasteiger partial charge in [0, 0.05) is 24.4 Å². The smallest absolute Gasteiger partial charge is 0.387 e. The number of hydrogen-bond acceptors (Lipinski definition) is 5. The molecule has 1 atom stereocenters. The summed E-state index contributed by atoms with van der Waals surface area (Å²) >= 11 is 0. The third kappa shape index (κ3) is 3.21. The molecule has 0 N–H and O–H groups in total. The monoisotopic (exact) mass is 376 g/mol. The minimum absolute atomic E-state index is 0.431. The first-order valence-electron chi connectivity index (χ1n) is 8.69. The maximum atomic E-state index is 12.7. The van der Waals surface area contributed by atoms with Gasteiger partial charge in [0.25, 0.3) is 0 Å². The number of anilines is 1. The third-order valence-electron chi connectivity index (χ3n) is 5.21. The van der Waals surface area contributed by atoms with Gasteiger partial charge in [-0.15, -0.1) is 0 Å². The summed E-state index contributed by atoms with van der Waals surface area (Å²) in [6.45, 7) is -1.53. The molecule has 1 aliphatic heterocycles. The van der Waals surface area contributed by atoms with E-state index in [2.05, 4.69) is 16.9 Å². The Kier molecular flexibility index (Phi) is 4.43. The maximum absolute atomic E-state index is 12.7. The molecule has 27 heavy (non-hydrogen) atoms. The number of aryl methyl sites for hydroxylation is 1. The first kappa shape index (κ1) is 17.7. The van der Waals surface area contributed by atoms with Crippen LogP contribution >= 0.6 is 0 Å². The zero-order valence-electron chi connectivity index (χ0n) is 14.4. The highest BCUT2D eigenvalue weighted by atomic mass is 19.3. The van der Waals surface area contributed by atoms with Crippen molar-refractivity contribution in [2.75, 3.05) is 24.6 Å². The van der Waals surface area contributed by atoms with E-state index in [0.29, 0.717) is 25.4 Å². The lowest BCUT2D eigenvalue weighted by Gasteiger charge is -2.42. The summed E-state index contributed by atoms with van der Waals surface area (Å²) in [5.41, 5.74) is 2.09.